The van der Waals surface area contributed by atoms with E-state index in [2.05, 4.69) is 11.1 Å². The molecule has 0 aliphatic rings. The molecule has 0 fully saturated rings. The van der Waals surface area contributed by atoms with E-state index in [9.17, 15) is 15.4 Å². The number of benzene rings is 1. The van der Waals surface area contributed by atoms with E-state index in [1.165, 1.54) is 17.8 Å². The quantitative estimate of drug-likeness (QED) is 0.431. The number of nitrogens with zero attached hydrogens (tertiary/aromatic N) is 5. The van der Waals surface area contributed by atoms with Crippen LogP contribution in [0.25, 0.3) is 0 Å². The number of pyridine rings is 1. The van der Waals surface area contributed by atoms with Gasteiger partial charge in [0.15, 0.2) is 0 Å². The molecule has 0 radical (unpaired) electrons. The average molecular weight is 393 g/mol. The molecule has 3 rings (SSSR count). The summed E-state index contributed by atoms with van der Waals surface area (Å²) in [5.41, 5.74) is 1.78. The van der Waals surface area contributed by atoms with E-state index in [1.807, 2.05) is 42.7 Å². The molecule has 0 aliphatic heterocycles. The van der Waals surface area contributed by atoms with E-state index in [1.54, 1.807) is 18.3 Å². The standard InChI is InChI=1S/C20H19N5O2S/c1-14(2)19-20(28-17-8-5-7-16(12-17)25(26)27)24(18(23-19)9-10-21)13-15-6-3-4-11-22-15/h3-8,11-12,14H,9,13H2,1-2H3. The fourth-order valence-electron chi connectivity index (χ4n) is 2.78. The van der Waals surface area contributed by atoms with E-state index in [0.29, 0.717) is 12.4 Å². The van der Waals surface area contributed by atoms with Crippen LogP contribution in [0.3, 0.4) is 0 Å². The Morgan fingerprint density at radius 1 is 1.29 bits per heavy atom. The van der Waals surface area contributed by atoms with Gasteiger partial charge in [0.05, 0.1) is 35.3 Å². The number of nitriles is 1. The molecule has 2 aromatic heterocycles. The predicted octanol–water partition coefficient (Wildman–Crippen LogP) is 4.58. The van der Waals surface area contributed by atoms with E-state index < -0.39 is 4.92 Å². The molecule has 2 heterocycles. The van der Waals surface area contributed by atoms with Crippen molar-refractivity contribution in [2.24, 2.45) is 0 Å². The van der Waals surface area contributed by atoms with E-state index in [-0.39, 0.29) is 18.0 Å². The third kappa shape index (κ3) is 4.38. The molecule has 0 unspecified atom stereocenters. The minimum Gasteiger partial charge on any atom is -0.316 e. The molecule has 0 N–H and O–H groups in total. The van der Waals surface area contributed by atoms with Crippen LogP contribution in [-0.2, 0) is 13.0 Å². The van der Waals surface area contributed by atoms with Gasteiger partial charge in [0.1, 0.15) is 10.9 Å². The Balaban J connectivity index is 2.08. The SMILES string of the molecule is CC(C)c1nc(CC#N)n(Cc2ccccn2)c1Sc1cccc([N+](=O)[O-])c1. The minimum absolute atomic E-state index is 0.0455. The van der Waals surface area contributed by atoms with Crippen molar-refractivity contribution >= 4 is 17.4 Å². The molecular weight excluding hydrogens is 374 g/mol. The first kappa shape index (κ1) is 19.6. The van der Waals surface area contributed by atoms with E-state index in [0.717, 1.165) is 21.3 Å². The Bertz CT molecular complexity index is 1020. The molecule has 0 spiro atoms. The number of hydrogen-bond donors (Lipinski definition) is 0. The zero-order chi connectivity index (χ0) is 20.1. The summed E-state index contributed by atoms with van der Waals surface area (Å²) < 4.78 is 1.99. The summed E-state index contributed by atoms with van der Waals surface area (Å²) >= 11 is 1.43. The topological polar surface area (TPSA) is 97.6 Å². The van der Waals surface area contributed by atoms with Gasteiger partial charge < -0.3 is 4.57 Å². The summed E-state index contributed by atoms with van der Waals surface area (Å²) in [5.74, 6) is 0.813. The normalized spacial score (nSPS) is 10.8. The molecule has 0 atom stereocenters. The van der Waals surface area contributed by atoms with Crippen molar-refractivity contribution in [1.82, 2.24) is 14.5 Å². The van der Waals surface area contributed by atoms with Crippen LogP contribution in [0.1, 0.15) is 37.0 Å². The molecule has 7 nitrogen and oxygen atoms in total. The van der Waals surface area contributed by atoms with Crippen molar-refractivity contribution in [3.8, 4) is 6.07 Å². The molecule has 0 bridgehead atoms. The molecule has 0 aliphatic carbocycles. The molecule has 8 heteroatoms. The molecule has 142 valence electrons. The number of non-ortho nitro benzene ring substituents is 1. The predicted molar refractivity (Wildman–Crippen MR) is 106 cm³/mol. The van der Waals surface area contributed by atoms with Gasteiger partial charge in [-0.25, -0.2) is 4.98 Å². The Morgan fingerprint density at radius 3 is 2.75 bits per heavy atom. The Labute approximate surface area is 167 Å². The fraction of sp³-hybridized carbons (Fsp3) is 0.250. The second-order valence-electron chi connectivity index (χ2n) is 6.47. The number of nitro benzene ring substituents is 1. The lowest BCUT2D eigenvalue weighted by atomic mass is 10.1. The van der Waals surface area contributed by atoms with Crippen molar-refractivity contribution in [2.75, 3.05) is 0 Å². The molecule has 0 amide bonds. The lowest BCUT2D eigenvalue weighted by Crippen LogP contribution is -2.07. The van der Waals surface area contributed by atoms with Crippen LogP contribution in [0.2, 0.25) is 0 Å². The van der Waals surface area contributed by atoms with Crippen molar-refractivity contribution in [2.45, 2.75) is 42.7 Å². The molecule has 0 saturated heterocycles. The van der Waals surface area contributed by atoms with Crippen LogP contribution in [0.5, 0.6) is 0 Å². The lowest BCUT2D eigenvalue weighted by molar-refractivity contribution is -0.385. The van der Waals surface area contributed by atoms with Crippen LogP contribution in [0.4, 0.5) is 5.69 Å². The second-order valence-corrected chi connectivity index (χ2v) is 7.53. The van der Waals surface area contributed by atoms with Gasteiger partial charge in [-0.2, -0.15) is 5.26 Å². The number of aromatic nitrogens is 3. The van der Waals surface area contributed by atoms with Gasteiger partial charge >= 0.3 is 0 Å². The number of rotatable bonds is 7. The number of imidazole rings is 1. The average Bonchev–Trinajstić information content (AvgIpc) is 3.01. The highest BCUT2D eigenvalue weighted by Gasteiger charge is 2.21. The summed E-state index contributed by atoms with van der Waals surface area (Å²) in [4.78, 5) is 20.6. The third-order valence-electron chi connectivity index (χ3n) is 4.10. The summed E-state index contributed by atoms with van der Waals surface area (Å²) in [7, 11) is 0. The highest BCUT2D eigenvalue weighted by molar-refractivity contribution is 7.99. The van der Waals surface area contributed by atoms with Crippen molar-refractivity contribution in [3.05, 3.63) is 76.0 Å². The second kappa shape index (κ2) is 8.67. The number of nitro groups is 1. The highest BCUT2D eigenvalue weighted by Crippen LogP contribution is 2.36. The maximum atomic E-state index is 11.1. The molecule has 0 saturated carbocycles. The lowest BCUT2D eigenvalue weighted by Gasteiger charge is -2.12. The summed E-state index contributed by atoms with van der Waals surface area (Å²) in [6, 6.07) is 14.4. The van der Waals surface area contributed by atoms with Gasteiger partial charge in [0.25, 0.3) is 5.69 Å². The molecular formula is C20H19N5O2S. The van der Waals surface area contributed by atoms with Gasteiger partial charge in [0.2, 0.25) is 0 Å². The van der Waals surface area contributed by atoms with Gasteiger partial charge in [-0.1, -0.05) is 37.7 Å². The summed E-state index contributed by atoms with van der Waals surface area (Å²) in [6.45, 7) is 4.57. The first-order valence-electron chi connectivity index (χ1n) is 8.78. The van der Waals surface area contributed by atoms with Crippen molar-refractivity contribution in [1.29, 1.82) is 5.26 Å². The third-order valence-corrected chi connectivity index (χ3v) is 5.21. The monoisotopic (exact) mass is 393 g/mol. The van der Waals surface area contributed by atoms with E-state index in [4.69, 9.17) is 4.98 Å². The maximum Gasteiger partial charge on any atom is 0.270 e. The first-order chi connectivity index (χ1) is 13.5. The van der Waals surface area contributed by atoms with Crippen molar-refractivity contribution in [3.63, 3.8) is 0 Å². The van der Waals surface area contributed by atoms with Gasteiger partial charge in [-0.3, -0.25) is 15.1 Å². The van der Waals surface area contributed by atoms with Crippen LogP contribution in [0.15, 0.2) is 58.6 Å². The fourth-order valence-corrected chi connectivity index (χ4v) is 4.00. The molecule has 3 aromatic rings. The zero-order valence-electron chi connectivity index (χ0n) is 15.6. The van der Waals surface area contributed by atoms with Crippen LogP contribution in [0, 0.1) is 21.4 Å². The Hall–Kier alpha value is -3.18. The minimum atomic E-state index is -0.403. The van der Waals surface area contributed by atoms with Gasteiger partial charge in [-0.15, -0.1) is 0 Å². The van der Waals surface area contributed by atoms with Crippen LogP contribution >= 0.6 is 11.8 Å². The Kier molecular flexibility index (Phi) is 6.06. The van der Waals surface area contributed by atoms with E-state index >= 15 is 0 Å². The highest BCUT2D eigenvalue weighted by atomic mass is 32.2. The maximum absolute atomic E-state index is 11.1. The van der Waals surface area contributed by atoms with Crippen molar-refractivity contribution < 1.29 is 4.92 Å². The van der Waals surface area contributed by atoms with Gasteiger partial charge in [-0.05, 0) is 24.1 Å². The number of hydrogen-bond acceptors (Lipinski definition) is 6. The molecule has 28 heavy (non-hydrogen) atoms. The molecule has 1 aromatic carbocycles. The Morgan fingerprint density at radius 2 is 2.11 bits per heavy atom. The first-order valence-corrected chi connectivity index (χ1v) is 9.59. The summed E-state index contributed by atoms with van der Waals surface area (Å²) in [6.07, 6.45) is 1.91. The smallest absolute Gasteiger partial charge is 0.270 e. The summed E-state index contributed by atoms with van der Waals surface area (Å²) in [5, 5.41) is 21.2. The zero-order valence-corrected chi connectivity index (χ0v) is 16.4. The largest absolute Gasteiger partial charge is 0.316 e. The van der Waals surface area contributed by atoms with Crippen LogP contribution in [-0.4, -0.2) is 19.5 Å². The van der Waals surface area contributed by atoms with Crippen LogP contribution < -0.4 is 0 Å². The van der Waals surface area contributed by atoms with Gasteiger partial charge in [0, 0.05) is 23.2 Å².